The first kappa shape index (κ1) is 31.6. The number of rotatable bonds is 11. The second kappa shape index (κ2) is 13.2. The van der Waals surface area contributed by atoms with Gasteiger partial charge in [-0.05, 0) is 62.3 Å². The molecule has 13 heteroatoms. The Bertz CT molecular complexity index is 1800. The molecule has 4 aromatic rings. The Morgan fingerprint density at radius 3 is 2.71 bits per heavy atom. The molecule has 0 radical (unpaired) electrons. The van der Waals surface area contributed by atoms with Gasteiger partial charge in [-0.3, -0.25) is 9.78 Å². The quantitative estimate of drug-likeness (QED) is 0.213. The number of nitrogens with one attached hydrogen (secondary N) is 2. The topological polar surface area (TPSA) is 137 Å². The highest BCUT2D eigenvalue weighted by Crippen LogP contribution is 2.49. The lowest BCUT2D eigenvalue weighted by atomic mass is 9.68. The zero-order valence-corrected chi connectivity index (χ0v) is 26.7. The lowest BCUT2D eigenvalue weighted by Gasteiger charge is -2.56. The minimum Gasteiger partial charge on any atom is -0.480 e. The molecule has 2 saturated heterocycles. The molecule has 3 aliphatic heterocycles. The average Bonchev–Trinajstić information content (AvgIpc) is 3.12. The summed E-state index contributed by atoms with van der Waals surface area (Å²) in [5.74, 6) is 1.41. The van der Waals surface area contributed by atoms with E-state index >= 15 is 4.39 Å². The van der Waals surface area contributed by atoms with Gasteiger partial charge in [0.25, 0.3) is 5.91 Å². The number of aryl methyl sites for hydroxylation is 1. The molecule has 4 aliphatic rings. The normalized spacial score (nSPS) is 21.2. The van der Waals surface area contributed by atoms with E-state index < -0.39 is 11.9 Å². The molecule has 48 heavy (non-hydrogen) atoms. The van der Waals surface area contributed by atoms with Crippen LogP contribution in [-0.4, -0.2) is 71.5 Å². The molecule has 2 bridgehead atoms. The first-order valence-corrected chi connectivity index (χ1v) is 16.1. The summed E-state index contributed by atoms with van der Waals surface area (Å²) in [5.41, 5.74) is 1.82. The summed E-state index contributed by atoms with van der Waals surface area (Å²) in [6.07, 6.45) is 5.23. The number of carbonyl (C=O) groups is 2. The van der Waals surface area contributed by atoms with Crippen molar-refractivity contribution in [2.24, 2.45) is 0 Å². The first-order valence-electron chi connectivity index (χ1n) is 16.1. The van der Waals surface area contributed by atoms with E-state index in [9.17, 15) is 9.59 Å². The molecule has 0 unspecified atom stereocenters. The average molecular weight is 657 g/mol. The maximum atomic E-state index is 15.2. The molecule has 0 atom stereocenters. The van der Waals surface area contributed by atoms with Crippen LogP contribution in [0.3, 0.4) is 0 Å². The molecule has 8 rings (SSSR count). The molecule has 250 valence electrons. The summed E-state index contributed by atoms with van der Waals surface area (Å²) >= 11 is 0. The van der Waals surface area contributed by atoms with Crippen LogP contribution in [0.15, 0.2) is 60.8 Å². The van der Waals surface area contributed by atoms with Crippen molar-refractivity contribution in [2.45, 2.75) is 56.3 Å². The second-order valence-electron chi connectivity index (χ2n) is 12.5. The predicted molar refractivity (Wildman–Crippen MR) is 175 cm³/mol. The van der Waals surface area contributed by atoms with Crippen molar-refractivity contribution in [2.75, 3.05) is 43.6 Å². The van der Waals surface area contributed by atoms with Crippen LogP contribution in [0.1, 0.15) is 43.2 Å². The maximum Gasteiger partial charge on any atom is 0.407 e. The number of halogens is 1. The van der Waals surface area contributed by atoms with Crippen LogP contribution in [0.5, 0.6) is 11.6 Å². The van der Waals surface area contributed by atoms with Gasteiger partial charge < -0.3 is 34.5 Å². The van der Waals surface area contributed by atoms with Gasteiger partial charge in [-0.1, -0.05) is 30.3 Å². The molecule has 3 fully saturated rings. The van der Waals surface area contributed by atoms with Crippen LogP contribution in [0.25, 0.3) is 11.0 Å². The van der Waals surface area contributed by atoms with Crippen LogP contribution in [-0.2, 0) is 27.3 Å². The highest BCUT2D eigenvalue weighted by Gasteiger charge is 2.52. The van der Waals surface area contributed by atoms with Gasteiger partial charge in [0.2, 0.25) is 5.88 Å². The molecule has 2 amide bonds. The second-order valence-corrected chi connectivity index (χ2v) is 12.5. The van der Waals surface area contributed by atoms with Crippen molar-refractivity contribution in [3.63, 3.8) is 0 Å². The summed E-state index contributed by atoms with van der Waals surface area (Å²) in [7, 11) is 2.01. The Kier molecular flexibility index (Phi) is 8.69. The summed E-state index contributed by atoms with van der Waals surface area (Å²) in [6.45, 7) is 1.06. The minimum atomic E-state index is -0.543. The SMILES string of the molecule is CN(c1ccc2c(n1)NC(=O)CO2)C12CCC(CCc3c(F)cnc4ccc(OCCNC(=O)OCc5ccccc5)nc34)(CC1)OC2. The third-order valence-corrected chi connectivity index (χ3v) is 9.66. The van der Waals surface area contributed by atoms with Crippen molar-refractivity contribution in [3.8, 4) is 11.6 Å². The van der Waals surface area contributed by atoms with Gasteiger partial charge in [0.15, 0.2) is 18.2 Å². The molecule has 0 spiro atoms. The number of pyridine rings is 3. The first-order chi connectivity index (χ1) is 23.3. The summed E-state index contributed by atoms with van der Waals surface area (Å²) < 4.78 is 38.3. The molecular weight excluding hydrogens is 619 g/mol. The van der Waals surface area contributed by atoms with E-state index in [1.807, 2.05) is 49.5 Å². The number of fused-ring (bicyclic) bond motifs is 5. The number of carbonyl (C=O) groups excluding carboxylic acids is 2. The van der Waals surface area contributed by atoms with Gasteiger partial charge in [0, 0.05) is 18.7 Å². The fourth-order valence-corrected chi connectivity index (χ4v) is 6.72. The van der Waals surface area contributed by atoms with E-state index in [0.717, 1.165) is 37.1 Å². The van der Waals surface area contributed by atoms with Crippen LogP contribution in [0.4, 0.5) is 20.8 Å². The fraction of sp³-hybridized carbons (Fsp3) is 0.400. The molecule has 1 saturated carbocycles. The zero-order valence-electron chi connectivity index (χ0n) is 26.7. The molecule has 2 N–H and O–H groups in total. The van der Waals surface area contributed by atoms with E-state index in [1.165, 1.54) is 6.20 Å². The number of alkyl carbamates (subject to hydrolysis) is 1. The van der Waals surface area contributed by atoms with E-state index in [0.29, 0.717) is 53.5 Å². The lowest BCUT2D eigenvalue weighted by Crippen LogP contribution is -2.62. The van der Waals surface area contributed by atoms with E-state index in [4.69, 9.17) is 18.9 Å². The molecule has 6 heterocycles. The Morgan fingerprint density at radius 2 is 1.92 bits per heavy atom. The number of aromatic nitrogens is 3. The van der Waals surface area contributed by atoms with Crippen LogP contribution in [0.2, 0.25) is 0 Å². The van der Waals surface area contributed by atoms with Gasteiger partial charge in [-0.25, -0.2) is 19.2 Å². The Balaban J connectivity index is 0.946. The van der Waals surface area contributed by atoms with Crippen molar-refractivity contribution < 1.29 is 32.9 Å². The Morgan fingerprint density at radius 1 is 1.08 bits per heavy atom. The van der Waals surface area contributed by atoms with Crippen LogP contribution >= 0.6 is 0 Å². The van der Waals surface area contributed by atoms with E-state index in [2.05, 4.69) is 30.5 Å². The number of nitrogens with zero attached hydrogens (tertiary/aromatic N) is 4. The molecule has 1 aromatic carbocycles. The number of benzene rings is 1. The lowest BCUT2D eigenvalue weighted by molar-refractivity contribution is -0.156. The number of ether oxygens (including phenoxy) is 4. The van der Waals surface area contributed by atoms with Gasteiger partial charge >= 0.3 is 6.09 Å². The van der Waals surface area contributed by atoms with Crippen LogP contribution in [0, 0.1) is 5.82 Å². The maximum absolute atomic E-state index is 15.2. The third kappa shape index (κ3) is 6.55. The number of anilines is 2. The minimum absolute atomic E-state index is 0.0127. The van der Waals surface area contributed by atoms with Gasteiger partial charge in [0.05, 0.1) is 41.5 Å². The smallest absolute Gasteiger partial charge is 0.407 e. The number of amides is 2. The van der Waals surface area contributed by atoms with Crippen molar-refractivity contribution in [3.05, 3.63) is 77.7 Å². The van der Waals surface area contributed by atoms with Gasteiger partial charge in [-0.2, -0.15) is 0 Å². The van der Waals surface area contributed by atoms with Gasteiger partial charge in [0.1, 0.15) is 24.8 Å². The Hall–Kier alpha value is -5.04. The standard InChI is InChI=1S/C35H37FN6O6/c1-42(28-9-8-27-32(39-28)40-29(43)21-46-27)34-13-15-35(16-14-34,48-22-34)12-11-24-25(36)19-38-26-7-10-30(41-31(24)26)45-18-17-37-33(44)47-20-23-5-3-2-4-6-23/h2-10,19H,11-18,20-22H2,1H3,(H,37,44)(H,39,40,43). The highest BCUT2D eigenvalue weighted by atomic mass is 19.1. The van der Waals surface area contributed by atoms with Crippen molar-refractivity contribution in [1.82, 2.24) is 20.3 Å². The summed E-state index contributed by atoms with van der Waals surface area (Å²) in [6, 6.07) is 16.6. The van der Waals surface area contributed by atoms with Gasteiger partial charge in [-0.15, -0.1) is 0 Å². The largest absolute Gasteiger partial charge is 0.480 e. The summed E-state index contributed by atoms with van der Waals surface area (Å²) in [5, 5.41) is 5.44. The number of hydrogen-bond acceptors (Lipinski definition) is 10. The van der Waals surface area contributed by atoms with Crippen molar-refractivity contribution in [1.29, 1.82) is 0 Å². The predicted octanol–water partition coefficient (Wildman–Crippen LogP) is 4.95. The Labute approximate surface area is 277 Å². The van der Waals surface area contributed by atoms with E-state index in [1.54, 1.807) is 12.1 Å². The molecule has 3 aromatic heterocycles. The zero-order chi connectivity index (χ0) is 33.1. The molecule has 12 nitrogen and oxygen atoms in total. The highest BCUT2D eigenvalue weighted by molar-refractivity contribution is 5.94. The summed E-state index contributed by atoms with van der Waals surface area (Å²) in [4.78, 5) is 39.5. The monoisotopic (exact) mass is 656 g/mol. The third-order valence-electron chi connectivity index (χ3n) is 9.66. The fourth-order valence-electron chi connectivity index (χ4n) is 6.72. The molecule has 1 aliphatic carbocycles. The molecular formula is C35H37FN6O6. The van der Waals surface area contributed by atoms with E-state index in [-0.39, 0.29) is 43.4 Å². The van der Waals surface area contributed by atoms with Crippen LogP contribution < -0.4 is 25.0 Å². The van der Waals surface area contributed by atoms with Crippen molar-refractivity contribution >= 4 is 34.7 Å². The number of likely N-dealkylation sites (N-methyl/N-ethyl adjacent to an activating group) is 1. The number of hydrogen-bond donors (Lipinski definition) is 2.